The number of carbonyl (C=O) groups is 1. The van der Waals surface area contributed by atoms with E-state index in [2.05, 4.69) is 4.98 Å². The van der Waals surface area contributed by atoms with Gasteiger partial charge in [0, 0.05) is 22.9 Å². The van der Waals surface area contributed by atoms with Gasteiger partial charge in [-0.15, -0.1) is 11.8 Å². The minimum atomic E-state index is -0.330. The second-order valence-electron chi connectivity index (χ2n) is 3.40. The van der Waals surface area contributed by atoms with Crippen LogP contribution in [0.5, 0.6) is 0 Å². The smallest absolute Gasteiger partial charge is 0.173 e. The summed E-state index contributed by atoms with van der Waals surface area (Å²) in [5, 5.41) is 0. The average molecular weight is 247 g/mol. The predicted octanol–water partition coefficient (Wildman–Crippen LogP) is 3.20. The van der Waals surface area contributed by atoms with Gasteiger partial charge in [0.15, 0.2) is 5.78 Å². The molecule has 4 heteroatoms. The molecule has 0 bridgehead atoms. The molecule has 1 aromatic heterocycles. The number of thioether (sulfide) groups is 1. The van der Waals surface area contributed by atoms with Crippen LogP contribution >= 0.6 is 11.8 Å². The summed E-state index contributed by atoms with van der Waals surface area (Å²) in [6, 6.07) is 9.30. The zero-order chi connectivity index (χ0) is 12.1. The topological polar surface area (TPSA) is 30.0 Å². The zero-order valence-electron chi connectivity index (χ0n) is 8.97. The molecule has 0 aliphatic heterocycles. The first-order chi connectivity index (χ1) is 8.25. The lowest BCUT2D eigenvalue weighted by atomic mass is 10.1. The van der Waals surface area contributed by atoms with E-state index in [4.69, 9.17) is 0 Å². The van der Waals surface area contributed by atoms with E-state index in [1.165, 1.54) is 36.0 Å². The molecule has 17 heavy (non-hydrogen) atoms. The summed E-state index contributed by atoms with van der Waals surface area (Å²) < 4.78 is 12.7. The first-order valence-electron chi connectivity index (χ1n) is 5.07. The van der Waals surface area contributed by atoms with Crippen molar-refractivity contribution in [3.63, 3.8) is 0 Å². The van der Waals surface area contributed by atoms with Gasteiger partial charge in [-0.1, -0.05) is 0 Å². The number of hydrogen-bond acceptors (Lipinski definition) is 3. The molecule has 0 spiro atoms. The van der Waals surface area contributed by atoms with E-state index in [-0.39, 0.29) is 11.6 Å². The number of hydrogen-bond donors (Lipinski definition) is 0. The molecule has 2 rings (SSSR count). The first kappa shape index (κ1) is 11.8. The van der Waals surface area contributed by atoms with Crippen LogP contribution in [0.25, 0.3) is 0 Å². The standard InChI is InChI=1S/C13H10FNOS/c14-11-3-1-10(2-4-11)13(16)9-17-12-5-7-15-8-6-12/h1-8H,9H2. The number of pyridine rings is 1. The number of rotatable bonds is 4. The minimum absolute atomic E-state index is 0.00758. The molecule has 2 aromatic rings. The lowest BCUT2D eigenvalue weighted by Crippen LogP contribution is -2.02. The van der Waals surface area contributed by atoms with Crippen LogP contribution in [0.4, 0.5) is 4.39 Å². The molecule has 2 nitrogen and oxygen atoms in total. The molecule has 0 saturated carbocycles. The van der Waals surface area contributed by atoms with E-state index in [0.29, 0.717) is 11.3 Å². The van der Waals surface area contributed by atoms with Crippen LogP contribution in [0.1, 0.15) is 10.4 Å². The van der Waals surface area contributed by atoms with Gasteiger partial charge in [0.05, 0.1) is 5.75 Å². The van der Waals surface area contributed by atoms with Crippen molar-refractivity contribution in [2.24, 2.45) is 0 Å². The molecule has 0 radical (unpaired) electrons. The number of carbonyl (C=O) groups excluding carboxylic acids is 1. The Balaban J connectivity index is 1.96. The molecule has 0 aliphatic carbocycles. The number of halogens is 1. The summed E-state index contributed by atoms with van der Waals surface area (Å²) in [6.07, 6.45) is 3.37. The molecular weight excluding hydrogens is 237 g/mol. The van der Waals surface area contributed by atoms with E-state index in [0.717, 1.165) is 4.90 Å². The third-order valence-corrected chi connectivity index (χ3v) is 3.20. The van der Waals surface area contributed by atoms with E-state index in [1.807, 2.05) is 12.1 Å². The van der Waals surface area contributed by atoms with Crippen LogP contribution in [0, 0.1) is 5.82 Å². The lowest BCUT2D eigenvalue weighted by Gasteiger charge is -2.01. The van der Waals surface area contributed by atoms with Gasteiger partial charge in [-0.2, -0.15) is 0 Å². The molecule has 0 aliphatic rings. The summed E-state index contributed by atoms with van der Waals surface area (Å²) >= 11 is 1.44. The van der Waals surface area contributed by atoms with Crippen LogP contribution in [0.3, 0.4) is 0 Å². The van der Waals surface area contributed by atoms with Crippen molar-refractivity contribution in [3.8, 4) is 0 Å². The Bertz CT molecular complexity index is 499. The largest absolute Gasteiger partial charge is 0.293 e. The Morgan fingerprint density at radius 3 is 2.41 bits per heavy atom. The van der Waals surface area contributed by atoms with Crippen molar-refractivity contribution in [2.45, 2.75) is 4.90 Å². The molecule has 0 fully saturated rings. The van der Waals surface area contributed by atoms with E-state index in [1.54, 1.807) is 12.4 Å². The number of ketones is 1. The molecule has 0 atom stereocenters. The predicted molar refractivity (Wildman–Crippen MR) is 65.7 cm³/mol. The van der Waals surface area contributed by atoms with Gasteiger partial charge < -0.3 is 0 Å². The fraction of sp³-hybridized carbons (Fsp3) is 0.0769. The van der Waals surface area contributed by atoms with Gasteiger partial charge in [-0.3, -0.25) is 9.78 Å². The number of nitrogens with zero attached hydrogens (tertiary/aromatic N) is 1. The van der Waals surface area contributed by atoms with Crippen LogP contribution in [-0.4, -0.2) is 16.5 Å². The van der Waals surface area contributed by atoms with E-state index in [9.17, 15) is 9.18 Å². The highest BCUT2D eigenvalue weighted by molar-refractivity contribution is 8.00. The molecular formula is C13H10FNOS. The molecule has 0 amide bonds. The van der Waals surface area contributed by atoms with Gasteiger partial charge >= 0.3 is 0 Å². The lowest BCUT2D eigenvalue weighted by molar-refractivity contribution is 0.102. The third kappa shape index (κ3) is 3.39. The summed E-state index contributed by atoms with van der Waals surface area (Å²) in [5.74, 6) is 0.00508. The SMILES string of the molecule is O=C(CSc1ccncc1)c1ccc(F)cc1. The maximum atomic E-state index is 12.7. The Morgan fingerprint density at radius 1 is 1.12 bits per heavy atom. The van der Waals surface area contributed by atoms with Crippen molar-refractivity contribution in [3.05, 3.63) is 60.2 Å². The Hall–Kier alpha value is -1.68. The minimum Gasteiger partial charge on any atom is -0.293 e. The molecule has 0 unspecified atom stereocenters. The van der Waals surface area contributed by atoms with Crippen molar-refractivity contribution >= 4 is 17.5 Å². The van der Waals surface area contributed by atoms with Crippen molar-refractivity contribution < 1.29 is 9.18 Å². The number of aromatic nitrogens is 1. The van der Waals surface area contributed by atoms with Gasteiger partial charge in [0.1, 0.15) is 5.82 Å². The van der Waals surface area contributed by atoms with Crippen LogP contribution in [-0.2, 0) is 0 Å². The average Bonchev–Trinajstić information content (AvgIpc) is 2.38. The highest BCUT2D eigenvalue weighted by Crippen LogP contribution is 2.18. The van der Waals surface area contributed by atoms with Crippen LogP contribution in [0.15, 0.2) is 53.7 Å². The maximum Gasteiger partial charge on any atom is 0.173 e. The van der Waals surface area contributed by atoms with Gasteiger partial charge in [0.25, 0.3) is 0 Å². The normalized spacial score (nSPS) is 10.2. The maximum absolute atomic E-state index is 12.7. The van der Waals surface area contributed by atoms with Gasteiger partial charge in [-0.25, -0.2) is 4.39 Å². The second-order valence-corrected chi connectivity index (χ2v) is 4.45. The van der Waals surface area contributed by atoms with Crippen LogP contribution < -0.4 is 0 Å². The Morgan fingerprint density at radius 2 is 1.76 bits per heavy atom. The molecule has 0 saturated heterocycles. The Kier molecular flexibility index (Phi) is 3.88. The fourth-order valence-corrected chi connectivity index (χ4v) is 2.08. The second kappa shape index (κ2) is 5.59. The monoisotopic (exact) mass is 247 g/mol. The summed E-state index contributed by atoms with van der Waals surface area (Å²) in [6.45, 7) is 0. The molecule has 86 valence electrons. The van der Waals surface area contributed by atoms with Crippen molar-refractivity contribution in [1.82, 2.24) is 4.98 Å². The molecule has 1 heterocycles. The highest BCUT2D eigenvalue weighted by Gasteiger charge is 2.06. The first-order valence-corrected chi connectivity index (χ1v) is 6.06. The number of Topliss-reactive ketones (excluding diaryl/α,β-unsaturated/α-hetero) is 1. The van der Waals surface area contributed by atoms with Crippen molar-refractivity contribution in [1.29, 1.82) is 0 Å². The van der Waals surface area contributed by atoms with Gasteiger partial charge in [-0.05, 0) is 36.4 Å². The summed E-state index contributed by atoms with van der Waals surface area (Å²) in [4.78, 5) is 16.7. The van der Waals surface area contributed by atoms with Gasteiger partial charge in [0.2, 0.25) is 0 Å². The highest BCUT2D eigenvalue weighted by atomic mass is 32.2. The zero-order valence-corrected chi connectivity index (χ0v) is 9.78. The Labute approximate surface area is 103 Å². The van der Waals surface area contributed by atoms with E-state index >= 15 is 0 Å². The molecule has 0 N–H and O–H groups in total. The third-order valence-electron chi connectivity index (χ3n) is 2.19. The fourth-order valence-electron chi connectivity index (χ4n) is 1.30. The summed E-state index contributed by atoms with van der Waals surface area (Å²) in [7, 11) is 0. The van der Waals surface area contributed by atoms with E-state index < -0.39 is 0 Å². The number of benzene rings is 1. The van der Waals surface area contributed by atoms with Crippen LogP contribution in [0.2, 0.25) is 0 Å². The quantitative estimate of drug-likeness (QED) is 0.614. The molecule has 1 aromatic carbocycles. The van der Waals surface area contributed by atoms with Crippen molar-refractivity contribution in [2.75, 3.05) is 5.75 Å². The summed E-state index contributed by atoms with van der Waals surface area (Å²) in [5.41, 5.74) is 0.535.